The maximum Gasteiger partial charge on any atom is 0.315 e. The third-order valence-corrected chi connectivity index (χ3v) is 2.59. The zero-order valence-electron chi connectivity index (χ0n) is 11.1. The summed E-state index contributed by atoms with van der Waals surface area (Å²) >= 11 is 0. The number of anilines is 1. The minimum Gasteiger partial charge on any atom is -0.407 e. The second-order valence-corrected chi connectivity index (χ2v) is 4.12. The van der Waals surface area contributed by atoms with Crippen LogP contribution in [0, 0.1) is 0 Å². The molecule has 1 aliphatic heterocycles. The first-order valence-electron chi connectivity index (χ1n) is 6.33. The number of methoxy groups -OCH3 is 1. The first-order chi connectivity index (χ1) is 9.38. The molecule has 8 heteroatoms. The van der Waals surface area contributed by atoms with Crippen molar-refractivity contribution in [3.63, 3.8) is 0 Å². The monoisotopic (exact) mass is 272 g/mol. The molecule has 0 saturated carbocycles. The van der Waals surface area contributed by atoms with E-state index in [0.717, 1.165) is 6.54 Å². The molecule has 108 valence electrons. The number of aromatic nitrogens is 2. The van der Waals surface area contributed by atoms with Crippen molar-refractivity contribution in [1.82, 2.24) is 15.5 Å². The number of nitrogens with zero attached hydrogens (tertiary/aromatic N) is 2. The predicted molar refractivity (Wildman–Crippen MR) is 66.9 cm³/mol. The third kappa shape index (κ3) is 5.11. The first-order valence-corrected chi connectivity index (χ1v) is 6.33. The highest BCUT2D eigenvalue weighted by atomic mass is 16.6. The molecule has 1 unspecified atom stereocenters. The third-order valence-electron chi connectivity index (χ3n) is 2.59. The van der Waals surface area contributed by atoms with Crippen LogP contribution >= 0.6 is 0 Å². The molecule has 19 heavy (non-hydrogen) atoms. The van der Waals surface area contributed by atoms with Gasteiger partial charge in [-0.2, -0.15) is 0 Å². The lowest BCUT2D eigenvalue weighted by molar-refractivity contribution is -0.0820. The zero-order valence-corrected chi connectivity index (χ0v) is 11.1. The van der Waals surface area contributed by atoms with Crippen molar-refractivity contribution in [3.8, 4) is 0 Å². The summed E-state index contributed by atoms with van der Waals surface area (Å²) in [7, 11) is 1.66. The molecular formula is C11H20N4O4. The average Bonchev–Trinajstić information content (AvgIpc) is 2.91. The molecule has 0 spiro atoms. The Labute approximate surface area is 111 Å². The zero-order chi connectivity index (χ0) is 13.3. The highest BCUT2D eigenvalue weighted by Gasteiger charge is 2.15. The number of nitrogens with one attached hydrogen (secondary N) is 2. The molecule has 1 aliphatic rings. The minimum atomic E-state index is 0.0314. The van der Waals surface area contributed by atoms with E-state index in [1.807, 2.05) is 0 Å². The van der Waals surface area contributed by atoms with E-state index in [1.165, 1.54) is 0 Å². The van der Waals surface area contributed by atoms with Gasteiger partial charge in [0.25, 0.3) is 0 Å². The molecule has 0 aromatic carbocycles. The molecule has 1 atom stereocenters. The van der Waals surface area contributed by atoms with Gasteiger partial charge in [-0.3, -0.25) is 0 Å². The summed E-state index contributed by atoms with van der Waals surface area (Å²) in [5.74, 6) is 0.541. The van der Waals surface area contributed by atoms with Crippen molar-refractivity contribution in [2.45, 2.75) is 12.6 Å². The lowest BCUT2D eigenvalue weighted by Gasteiger charge is -2.22. The molecule has 0 radical (unpaired) electrons. The Morgan fingerprint density at radius 1 is 1.37 bits per heavy atom. The molecule has 0 aliphatic carbocycles. The molecule has 2 heterocycles. The van der Waals surface area contributed by atoms with Crippen LogP contribution in [0.2, 0.25) is 0 Å². The van der Waals surface area contributed by atoms with Gasteiger partial charge in [0.2, 0.25) is 5.89 Å². The van der Waals surface area contributed by atoms with Crippen LogP contribution in [-0.2, 0) is 20.8 Å². The lowest BCUT2D eigenvalue weighted by Crippen LogP contribution is -2.34. The summed E-state index contributed by atoms with van der Waals surface area (Å²) in [6.07, 6.45) is 0.0314. The number of hydrogen-bond acceptors (Lipinski definition) is 8. The Kier molecular flexibility index (Phi) is 6.02. The van der Waals surface area contributed by atoms with Gasteiger partial charge in [0.05, 0.1) is 39.1 Å². The van der Waals surface area contributed by atoms with Crippen molar-refractivity contribution in [2.24, 2.45) is 0 Å². The highest BCUT2D eigenvalue weighted by molar-refractivity contribution is 5.17. The van der Waals surface area contributed by atoms with Crippen molar-refractivity contribution >= 4 is 6.01 Å². The number of rotatable bonds is 8. The van der Waals surface area contributed by atoms with E-state index in [0.29, 0.717) is 51.4 Å². The van der Waals surface area contributed by atoms with Crippen LogP contribution in [0.1, 0.15) is 5.89 Å². The Hall–Kier alpha value is -1.22. The molecule has 2 N–H and O–H groups in total. The molecule has 0 amide bonds. The van der Waals surface area contributed by atoms with Gasteiger partial charge in [0, 0.05) is 20.2 Å². The Bertz CT molecular complexity index is 354. The standard InChI is InChI=1S/C11H20N4O4/c1-16-3-2-12-7-10-14-15-11(19-10)13-6-9-8-17-4-5-18-9/h9,12H,2-8H2,1H3,(H,13,15). The predicted octanol–water partition coefficient (Wildman–Crippen LogP) is -0.367. The maximum absolute atomic E-state index is 5.49. The summed E-state index contributed by atoms with van der Waals surface area (Å²) in [6, 6.07) is 0.401. The van der Waals surface area contributed by atoms with E-state index < -0.39 is 0 Å². The Morgan fingerprint density at radius 3 is 3.11 bits per heavy atom. The van der Waals surface area contributed by atoms with E-state index in [-0.39, 0.29) is 6.10 Å². The number of ether oxygens (including phenoxy) is 3. The van der Waals surface area contributed by atoms with E-state index >= 15 is 0 Å². The van der Waals surface area contributed by atoms with Crippen molar-refractivity contribution in [1.29, 1.82) is 0 Å². The quantitative estimate of drug-likeness (QED) is 0.620. The van der Waals surface area contributed by atoms with E-state index in [4.69, 9.17) is 18.6 Å². The normalized spacial score (nSPS) is 19.5. The SMILES string of the molecule is COCCNCc1nnc(NCC2COCCO2)o1. The van der Waals surface area contributed by atoms with Gasteiger partial charge < -0.3 is 29.3 Å². The van der Waals surface area contributed by atoms with E-state index in [9.17, 15) is 0 Å². The fraction of sp³-hybridized carbons (Fsp3) is 0.818. The van der Waals surface area contributed by atoms with Crippen LogP contribution in [-0.4, -0.2) is 62.9 Å². The van der Waals surface area contributed by atoms with E-state index in [2.05, 4.69) is 20.8 Å². The van der Waals surface area contributed by atoms with Crippen molar-refractivity contribution in [3.05, 3.63) is 5.89 Å². The second-order valence-electron chi connectivity index (χ2n) is 4.12. The molecule has 1 aromatic rings. The molecular weight excluding hydrogens is 252 g/mol. The van der Waals surface area contributed by atoms with Gasteiger partial charge in [-0.05, 0) is 0 Å². The summed E-state index contributed by atoms with van der Waals surface area (Å²) in [4.78, 5) is 0. The van der Waals surface area contributed by atoms with Gasteiger partial charge in [-0.15, -0.1) is 5.10 Å². The van der Waals surface area contributed by atoms with Crippen LogP contribution in [0.5, 0.6) is 0 Å². The van der Waals surface area contributed by atoms with Gasteiger partial charge in [-0.25, -0.2) is 0 Å². The molecule has 8 nitrogen and oxygen atoms in total. The fourth-order valence-corrected chi connectivity index (χ4v) is 1.62. The van der Waals surface area contributed by atoms with Gasteiger partial charge >= 0.3 is 6.01 Å². The van der Waals surface area contributed by atoms with Gasteiger partial charge in [0.1, 0.15) is 0 Å². The maximum atomic E-state index is 5.49. The van der Waals surface area contributed by atoms with Gasteiger partial charge in [0.15, 0.2) is 0 Å². The fourth-order valence-electron chi connectivity index (χ4n) is 1.62. The minimum absolute atomic E-state index is 0.0314. The van der Waals surface area contributed by atoms with Crippen LogP contribution in [0.4, 0.5) is 6.01 Å². The van der Waals surface area contributed by atoms with Crippen molar-refractivity contribution in [2.75, 3.05) is 51.9 Å². The smallest absolute Gasteiger partial charge is 0.315 e. The Morgan fingerprint density at radius 2 is 2.32 bits per heavy atom. The summed E-state index contributed by atoms with van der Waals surface area (Å²) in [6.45, 7) is 4.40. The first kappa shape index (κ1) is 14.2. The van der Waals surface area contributed by atoms with Crippen molar-refractivity contribution < 1.29 is 18.6 Å². The van der Waals surface area contributed by atoms with Gasteiger partial charge in [-0.1, -0.05) is 5.10 Å². The average molecular weight is 272 g/mol. The van der Waals surface area contributed by atoms with E-state index in [1.54, 1.807) is 7.11 Å². The van der Waals surface area contributed by atoms with Crippen LogP contribution in [0.3, 0.4) is 0 Å². The van der Waals surface area contributed by atoms with Crippen LogP contribution in [0.15, 0.2) is 4.42 Å². The lowest BCUT2D eigenvalue weighted by atomic mass is 10.3. The second kappa shape index (κ2) is 8.05. The molecule has 1 fully saturated rings. The number of hydrogen-bond donors (Lipinski definition) is 2. The van der Waals surface area contributed by atoms with Crippen LogP contribution < -0.4 is 10.6 Å². The van der Waals surface area contributed by atoms with Crippen LogP contribution in [0.25, 0.3) is 0 Å². The Balaban J connectivity index is 1.65. The summed E-state index contributed by atoms with van der Waals surface area (Å²) < 4.78 is 21.1. The molecule has 2 rings (SSSR count). The molecule has 0 bridgehead atoms. The molecule has 1 saturated heterocycles. The highest BCUT2D eigenvalue weighted by Crippen LogP contribution is 2.07. The summed E-state index contributed by atoms with van der Waals surface area (Å²) in [5.41, 5.74) is 0. The topological polar surface area (TPSA) is 90.7 Å². The largest absolute Gasteiger partial charge is 0.407 e. The summed E-state index contributed by atoms with van der Waals surface area (Å²) in [5, 5.41) is 14.0. The molecule has 1 aromatic heterocycles.